The maximum atomic E-state index is 6.74. The number of pyridine rings is 1. The maximum Gasteiger partial charge on any atom is 0.0727 e. The molecule has 0 N–H and O–H groups in total. The minimum Gasteiger partial charge on any atom is -0.372 e. The second-order valence-corrected chi connectivity index (χ2v) is 8.55. The summed E-state index contributed by atoms with van der Waals surface area (Å²) in [6, 6.07) is 6.92. The monoisotopic (exact) mass is 395 g/mol. The lowest BCUT2D eigenvalue weighted by Crippen LogP contribution is -2.50. The molecule has 0 saturated carbocycles. The van der Waals surface area contributed by atoms with Crippen molar-refractivity contribution in [2.24, 2.45) is 0 Å². The molecule has 4 rings (SSSR count). The quantitative estimate of drug-likeness (QED) is 0.665. The average molecular weight is 396 g/mol. The Balaban J connectivity index is 1.65. The molecule has 1 aromatic carbocycles. The van der Waals surface area contributed by atoms with Gasteiger partial charge in [-0.25, -0.2) is 0 Å². The van der Waals surface area contributed by atoms with Crippen molar-refractivity contribution in [3.05, 3.63) is 58.9 Å². The zero-order valence-corrected chi connectivity index (χ0v) is 17.9. The normalized spacial score (nSPS) is 19.6. The molecular formula is C24H30ClN3. The summed E-state index contributed by atoms with van der Waals surface area (Å²) in [6.45, 7) is 15.9. The molecule has 148 valence electrons. The number of halogens is 1. The van der Waals surface area contributed by atoms with Gasteiger partial charge in [-0.15, -0.1) is 0 Å². The lowest BCUT2D eigenvalue weighted by Gasteiger charge is -2.44. The molecule has 1 aliphatic heterocycles. The van der Waals surface area contributed by atoms with Crippen LogP contribution in [0, 0.1) is 0 Å². The van der Waals surface area contributed by atoms with E-state index in [1.165, 1.54) is 24.1 Å². The Bertz CT molecular complexity index is 933. The van der Waals surface area contributed by atoms with Crippen LogP contribution in [0.3, 0.4) is 0 Å². The summed E-state index contributed by atoms with van der Waals surface area (Å²) in [5, 5.41) is 1.97. The molecule has 3 nitrogen and oxygen atoms in total. The molecule has 1 unspecified atom stereocenters. The van der Waals surface area contributed by atoms with Gasteiger partial charge in [-0.1, -0.05) is 43.8 Å². The van der Waals surface area contributed by atoms with Crippen LogP contribution in [0.15, 0.2) is 37.1 Å². The van der Waals surface area contributed by atoms with Gasteiger partial charge >= 0.3 is 0 Å². The number of piperazine rings is 1. The van der Waals surface area contributed by atoms with Crippen molar-refractivity contribution in [2.75, 3.05) is 19.6 Å². The molecule has 4 heteroatoms. The number of nitrogens with zero attached hydrogens (tertiary/aromatic N) is 3. The third-order valence-electron chi connectivity index (χ3n) is 6.37. The van der Waals surface area contributed by atoms with Crippen LogP contribution in [0.25, 0.3) is 16.6 Å². The Morgan fingerprint density at radius 2 is 2.00 bits per heavy atom. The molecule has 1 fully saturated rings. The number of aryl methyl sites for hydroxylation is 1. The highest BCUT2D eigenvalue weighted by Gasteiger charge is 2.27. The highest BCUT2D eigenvalue weighted by atomic mass is 35.5. The first kappa shape index (κ1) is 19.3. The summed E-state index contributed by atoms with van der Waals surface area (Å²) in [7, 11) is 0. The van der Waals surface area contributed by atoms with Gasteiger partial charge in [-0.3, -0.25) is 4.98 Å². The molecule has 1 saturated heterocycles. The summed E-state index contributed by atoms with van der Waals surface area (Å²) < 4.78 is 0. The number of fused-ring (bicyclic) bond motifs is 2. The summed E-state index contributed by atoms with van der Waals surface area (Å²) >= 11 is 6.74. The van der Waals surface area contributed by atoms with E-state index in [9.17, 15) is 0 Å². The number of benzene rings is 1. The standard InChI is InChI=1S/C24H30ClN3/c1-5-19-15-27(16(2)3)12-13-28(19)17(4)18-10-11-21-23(14-18)26-22-9-7-6-8-20(22)24(21)25/h10-11,14,19H,2,4-9,12-13,15H2,1,3H3. The SMILES string of the molecule is C=C(C)N1CCN(C(=C)c2ccc3c(Cl)c4c(nc3c2)CCCC4)C(CC)C1. The second-order valence-electron chi connectivity index (χ2n) is 8.17. The minimum absolute atomic E-state index is 0.453. The zero-order valence-electron chi connectivity index (χ0n) is 17.1. The van der Waals surface area contributed by atoms with Gasteiger partial charge < -0.3 is 9.80 Å². The average Bonchev–Trinajstić information content (AvgIpc) is 2.72. The van der Waals surface area contributed by atoms with Crippen molar-refractivity contribution >= 4 is 28.2 Å². The molecular weight excluding hydrogens is 366 g/mol. The van der Waals surface area contributed by atoms with Crippen molar-refractivity contribution < 1.29 is 0 Å². The van der Waals surface area contributed by atoms with E-state index in [1.54, 1.807) is 0 Å². The van der Waals surface area contributed by atoms with Gasteiger partial charge in [0.1, 0.15) is 0 Å². The van der Waals surface area contributed by atoms with Crippen LogP contribution in [0.5, 0.6) is 0 Å². The van der Waals surface area contributed by atoms with Crippen LogP contribution in [0.1, 0.15) is 49.9 Å². The van der Waals surface area contributed by atoms with Crippen LogP contribution >= 0.6 is 11.6 Å². The highest BCUT2D eigenvalue weighted by Crippen LogP contribution is 2.34. The molecule has 0 bridgehead atoms. The van der Waals surface area contributed by atoms with Gasteiger partial charge in [0, 0.05) is 48.2 Å². The lowest BCUT2D eigenvalue weighted by molar-refractivity contribution is 0.145. The minimum atomic E-state index is 0.453. The molecule has 1 aliphatic carbocycles. The van der Waals surface area contributed by atoms with Crippen LogP contribution in [0.2, 0.25) is 5.02 Å². The Morgan fingerprint density at radius 3 is 2.75 bits per heavy atom. The van der Waals surface area contributed by atoms with E-state index in [2.05, 4.69) is 55.0 Å². The Morgan fingerprint density at radius 1 is 1.21 bits per heavy atom. The topological polar surface area (TPSA) is 19.4 Å². The number of aromatic nitrogens is 1. The van der Waals surface area contributed by atoms with E-state index in [0.717, 1.165) is 71.8 Å². The smallest absolute Gasteiger partial charge is 0.0727 e. The third kappa shape index (κ3) is 3.41. The van der Waals surface area contributed by atoms with Crippen molar-refractivity contribution in [1.29, 1.82) is 0 Å². The summed E-state index contributed by atoms with van der Waals surface area (Å²) in [5.74, 6) is 0. The van der Waals surface area contributed by atoms with E-state index >= 15 is 0 Å². The van der Waals surface area contributed by atoms with Crippen LogP contribution in [0.4, 0.5) is 0 Å². The van der Waals surface area contributed by atoms with Crippen molar-refractivity contribution in [3.8, 4) is 0 Å². The van der Waals surface area contributed by atoms with Crippen LogP contribution in [-0.4, -0.2) is 40.5 Å². The van der Waals surface area contributed by atoms with E-state index in [1.807, 2.05) is 0 Å². The van der Waals surface area contributed by atoms with Gasteiger partial charge in [0.2, 0.25) is 0 Å². The number of allylic oxidation sites excluding steroid dienone is 1. The van der Waals surface area contributed by atoms with Crippen LogP contribution in [-0.2, 0) is 12.8 Å². The molecule has 0 amide bonds. The van der Waals surface area contributed by atoms with Gasteiger partial charge in [-0.2, -0.15) is 0 Å². The predicted molar refractivity (Wildman–Crippen MR) is 120 cm³/mol. The van der Waals surface area contributed by atoms with Gasteiger partial charge in [0.05, 0.1) is 10.5 Å². The summed E-state index contributed by atoms with van der Waals surface area (Å²) in [6.07, 6.45) is 5.60. The van der Waals surface area contributed by atoms with Gasteiger partial charge in [0.15, 0.2) is 0 Å². The highest BCUT2D eigenvalue weighted by molar-refractivity contribution is 6.36. The first-order chi connectivity index (χ1) is 13.5. The summed E-state index contributed by atoms with van der Waals surface area (Å²) in [5.41, 5.74) is 6.83. The second kappa shape index (κ2) is 7.79. The molecule has 2 aromatic rings. The first-order valence-electron chi connectivity index (χ1n) is 10.5. The lowest BCUT2D eigenvalue weighted by atomic mass is 9.94. The molecule has 1 atom stereocenters. The fourth-order valence-corrected chi connectivity index (χ4v) is 4.98. The molecule has 0 spiro atoms. The molecule has 28 heavy (non-hydrogen) atoms. The fraction of sp³-hybridized carbons (Fsp3) is 0.458. The molecule has 1 aromatic heterocycles. The zero-order chi connectivity index (χ0) is 19.8. The largest absolute Gasteiger partial charge is 0.372 e. The van der Waals surface area contributed by atoms with E-state index in [4.69, 9.17) is 16.6 Å². The number of hydrogen-bond donors (Lipinski definition) is 0. The summed E-state index contributed by atoms with van der Waals surface area (Å²) in [4.78, 5) is 9.82. The molecule has 2 heterocycles. The molecule has 2 aliphatic rings. The molecule has 0 radical (unpaired) electrons. The van der Waals surface area contributed by atoms with Crippen molar-refractivity contribution in [2.45, 2.75) is 52.0 Å². The fourth-order valence-electron chi connectivity index (χ4n) is 4.62. The van der Waals surface area contributed by atoms with E-state index in [0.29, 0.717) is 6.04 Å². The third-order valence-corrected chi connectivity index (χ3v) is 6.80. The van der Waals surface area contributed by atoms with Gasteiger partial charge in [-0.05, 0) is 56.2 Å². The van der Waals surface area contributed by atoms with E-state index in [-0.39, 0.29) is 0 Å². The Hall–Kier alpha value is -2.00. The van der Waals surface area contributed by atoms with E-state index < -0.39 is 0 Å². The van der Waals surface area contributed by atoms with Crippen LogP contribution < -0.4 is 0 Å². The van der Waals surface area contributed by atoms with Crippen molar-refractivity contribution in [1.82, 2.24) is 14.8 Å². The predicted octanol–water partition coefficient (Wildman–Crippen LogP) is 5.67. The maximum absolute atomic E-state index is 6.74. The van der Waals surface area contributed by atoms with Gasteiger partial charge in [0.25, 0.3) is 0 Å². The number of hydrogen-bond acceptors (Lipinski definition) is 3. The first-order valence-corrected chi connectivity index (χ1v) is 10.8. The Labute approximate surface area is 173 Å². The Kier molecular flexibility index (Phi) is 5.37. The van der Waals surface area contributed by atoms with Crippen molar-refractivity contribution in [3.63, 3.8) is 0 Å². The number of rotatable bonds is 4.